The highest BCUT2D eigenvalue weighted by atomic mass is 19.1. The van der Waals surface area contributed by atoms with Crippen molar-refractivity contribution in [3.63, 3.8) is 0 Å². The summed E-state index contributed by atoms with van der Waals surface area (Å²) in [4.78, 5) is 22.8. The number of carbonyl (C=O) groups is 1. The van der Waals surface area contributed by atoms with Crippen LogP contribution in [0.1, 0.15) is 11.3 Å². The molecule has 1 aromatic heterocycles. The third-order valence-electron chi connectivity index (χ3n) is 3.98. The van der Waals surface area contributed by atoms with Crippen LogP contribution in [-0.2, 0) is 4.79 Å². The Morgan fingerprint density at radius 1 is 1.25 bits per heavy atom. The van der Waals surface area contributed by atoms with Crippen molar-refractivity contribution in [2.24, 2.45) is 0 Å². The van der Waals surface area contributed by atoms with Crippen molar-refractivity contribution < 1.29 is 18.8 Å². The van der Waals surface area contributed by atoms with Gasteiger partial charge in [-0.2, -0.15) is 5.10 Å². The van der Waals surface area contributed by atoms with E-state index < -0.39 is 10.8 Å². The number of amides is 1. The Hall–Kier alpha value is -3.75. The topological polar surface area (TPSA) is 99.3 Å². The van der Waals surface area contributed by atoms with E-state index in [4.69, 9.17) is 4.74 Å². The predicted octanol–water partition coefficient (Wildman–Crippen LogP) is 3.55. The van der Waals surface area contributed by atoms with Crippen molar-refractivity contribution in [2.45, 2.75) is 13.8 Å². The van der Waals surface area contributed by atoms with Gasteiger partial charge in [0.05, 0.1) is 21.9 Å². The van der Waals surface area contributed by atoms with Crippen molar-refractivity contribution >= 4 is 17.4 Å². The second-order valence-corrected chi connectivity index (χ2v) is 6.05. The van der Waals surface area contributed by atoms with Gasteiger partial charge in [0.15, 0.2) is 6.61 Å². The van der Waals surface area contributed by atoms with Crippen molar-refractivity contribution in [1.82, 2.24) is 9.78 Å². The second kappa shape index (κ2) is 7.87. The Morgan fingerprint density at radius 2 is 1.96 bits per heavy atom. The molecule has 8 nitrogen and oxygen atoms in total. The number of nitrogens with one attached hydrogen (secondary N) is 1. The number of nitro benzene ring substituents is 1. The number of aromatic nitrogens is 2. The molecular formula is C19H17FN4O4. The number of rotatable bonds is 6. The molecule has 0 atom stereocenters. The molecule has 0 saturated heterocycles. The Kier molecular flexibility index (Phi) is 5.35. The van der Waals surface area contributed by atoms with Gasteiger partial charge in [0, 0.05) is 12.1 Å². The molecule has 144 valence electrons. The number of hydrogen-bond donors (Lipinski definition) is 1. The molecule has 0 aliphatic heterocycles. The molecule has 1 amide bonds. The summed E-state index contributed by atoms with van der Waals surface area (Å²) in [5.74, 6) is -0.186. The first-order chi connectivity index (χ1) is 13.3. The smallest absolute Gasteiger partial charge is 0.276 e. The highest BCUT2D eigenvalue weighted by molar-refractivity contribution is 5.91. The Bertz CT molecular complexity index is 1030. The molecule has 28 heavy (non-hydrogen) atoms. The van der Waals surface area contributed by atoms with Gasteiger partial charge in [0.1, 0.15) is 17.4 Å². The number of halogens is 1. The van der Waals surface area contributed by atoms with E-state index in [-0.39, 0.29) is 23.9 Å². The van der Waals surface area contributed by atoms with E-state index in [9.17, 15) is 19.3 Å². The summed E-state index contributed by atoms with van der Waals surface area (Å²) in [6, 6.07) is 11.8. The normalized spacial score (nSPS) is 10.5. The molecule has 0 bridgehead atoms. The van der Waals surface area contributed by atoms with Gasteiger partial charge in [0.25, 0.3) is 11.6 Å². The molecule has 0 aliphatic carbocycles. The molecule has 9 heteroatoms. The number of ether oxygens (including phenoxy) is 1. The monoisotopic (exact) mass is 384 g/mol. The number of aryl methyl sites for hydroxylation is 1. The average Bonchev–Trinajstić information content (AvgIpc) is 3.01. The largest absolute Gasteiger partial charge is 0.483 e. The van der Waals surface area contributed by atoms with E-state index in [2.05, 4.69) is 10.4 Å². The zero-order valence-corrected chi connectivity index (χ0v) is 15.2. The van der Waals surface area contributed by atoms with Gasteiger partial charge in [-0.15, -0.1) is 0 Å². The average molecular weight is 384 g/mol. The number of nitrogens with zero attached hydrogens (tertiary/aromatic N) is 3. The molecule has 3 aromatic rings. The van der Waals surface area contributed by atoms with Crippen LogP contribution in [0.15, 0.2) is 48.5 Å². The van der Waals surface area contributed by atoms with E-state index in [0.717, 1.165) is 0 Å². The van der Waals surface area contributed by atoms with E-state index in [1.807, 2.05) is 0 Å². The summed E-state index contributed by atoms with van der Waals surface area (Å²) in [6.07, 6.45) is 0. The highest BCUT2D eigenvalue weighted by Crippen LogP contribution is 2.27. The standard InChI is InChI=1S/C19H17FN4O4/c1-12-10-18(23(22-12)15-8-6-14(20)7-9-15)21-19(25)11-28-17-5-3-4-16(13(17)2)24(26)27/h3-10H,11H2,1-2H3,(H,21,25). The molecule has 0 fully saturated rings. The predicted molar refractivity (Wildman–Crippen MR) is 100 cm³/mol. The Balaban J connectivity index is 1.72. The quantitative estimate of drug-likeness (QED) is 0.517. The van der Waals surface area contributed by atoms with Crippen molar-refractivity contribution in [3.8, 4) is 11.4 Å². The molecule has 2 aromatic carbocycles. The lowest BCUT2D eigenvalue weighted by Gasteiger charge is -2.11. The first-order valence-electron chi connectivity index (χ1n) is 8.34. The van der Waals surface area contributed by atoms with Crippen molar-refractivity contribution in [1.29, 1.82) is 0 Å². The molecule has 3 rings (SSSR count). The minimum absolute atomic E-state index is 0.0806. The zero-order chi connectivity index (χ0) is 20.3. The first-order valence-corrected chi connectivity index (χ1v) is 8.34. The maximum Gasteiger partial charge on any atom is 0.276 e. The van der Waals surface area contributed by atoms with E-state index in [1.54, 1.807) is 38.1 Å². The van der Waals surface area contributed by atoms with E-state index in [1.165, 1.54) is 28.9 Å². The molecule has 1 N–H and O–H groups in total. The second-order valence-electron chi connectivity index (χ2n) is 6.05. The van der Waals surface area contributed by atoms with Gasteiger partial charge in [-0.1, -0.05) is 6.07 Å². The lowest BCUT2D eigenvalue weighted by Crippen LogP contribution is -2.22. The summed E-state index contributed by atoms with van der Waals surface area (Å²) in [5.41, 5.74) is 1.51. The van der Waals surface area contributed by atoms with Crippen LogP contribution in [0.4, 0.5) is 15.9 Å². The number of carbonyl (C=O) groups excluding carboxylic acids is 1. The van der Waals surface area contributed by atoms with Gasteiger partial charge in [-0.3, -0.25) is 14.9 Å². The fraction of sp³-hybridized carbons (Fsp3) is 0.158. The zero-order valence-electron chi connectivity index (χ0n) is 15.2. The summed E-state index contributed by atoms with van der Waals surface area (Å²) in [7, 11) is 0. The number of nitro groups is 1. The van der Waals surface area contributed by atoms with Crippen LogP contribution in [0, 0.1) is 29.8 Å². The van der Waals surface area contributed by atoms with Gasteiger partial charge >= 0.3 is 0 Å². The number of benzene rings is 2. The maximum absolute atomic E-state index is 13.1. The lowest BCUT2D eigenvalue weighted by atomic mass is 10.2. The first kappa shape index (κ1) is 19.0. The minimum Gasteiger partial charge on any atom is -0.483 e. The van der Waals surface area contributed by atoms with Crippen LogP contribution in [-0.4, -0.2) is 27.2 Å². The fourth-order valence-corrected chi connectivity index (χ4v) is 2.65. The van der Waals surface area contributed by atoms with Crippen molar-refractivity contribution in [2.75, 3.05) is 11.9 Å². The van der Waals surface area contributed by atoms with Crippen LogP contribution in [0.25, 0.3) is 5.69 Å². The van der Waals surface area contributed by atoms with Crippen molar-refractivity contribution in [3.05, 3.63) is 75.7 Å². The van der Waals surface area contributed by atoms with Crippen LogP contribution in [0.5, 0.6) is 5.75 Å². The molecular weight excluding hydrogens is 367 g/mol. The molecule has 0 spiro atoms. The molecule has 0 unspecified atom stereocenters. The van der Waals surface area contributed by atoms with E-state index in [0.29, 0.717) is 22.8 Å². The highest BCUT2D eigenvalue weighted by Gasteiger charge is 2.16. The third-order valence-corrected chi connectivity index (χ3v) is 3.98. The maximum atomic E-state index is 13.1. The van der Waals surface area contributed by atoms with Gasteiger partial charge < -0.3 is 10.1 Å². The summed E-state index contributed by atoms with van der Waals surface area (Å²) in [5, 5.41) is 18.0. The van der Waals surface area contributed by atoms with Gasteiger partial charge in [-0.25, -0.2) is 9.07 Å². The summed E-state index contributed by atoms with van der Waals surface area (Å²) < 4.78 is 20.0. The summed E-state index contributed by atoms with van der Waals surface area (Å²) in [6.45, 7) is 2.98. The Morgan fingerprint density at radius 3 is 2.64 bits per heavy atom. The molecule has 0 saturated carbocycles. The third kappa shape index (κ3) is 4.14. The SMILES string of the molecule is Cc1cc(NC(=O)COc2cccc([N+](=O)[O-])c2C)n(-c2ccc(F)cc2)n1. The molecule has 0 radical (unpaired) electrons. The van der Waals surface area contributed by atoms with Crippen LogP contribution < -0.4 is 10.1 Å². The van der Waals surface area contributed by atoms with Crippen LogP contribution >= 0.6 is 0 Å². The van der Waals surface area contributed by atoms with Gasteiger partial charge in [0.2, 0.25) is 0 Å². The molecule has 1 heterocycles. The number of hydrogen-bond acceptors (Lipinski definition) is 5. The van der Waals surface area contributed by atoms with Crippen LogP contribution in [0.2, 0.25) is 0 Å². The minimum atomic E-state index is -0.508. The summed E-state index contributed by atoms with van der Waals surface area (Å²) >= 11 is 0. The fourth-order valence-electron chi connectivity index (χ4n) is 2.65. The molecule has 0 aliphatic rings. The van der Waals surface area contributed by atoms with Crippen LogP contribution in [0.3, 0.4) is 0 Å². The lowest BCUT2D eigenvalue weighted by molar-refractivity contribution is -0.385. The van der Waals surface area contributed by atoms with Gasteiger partial charge in [-0.05, 0) is 44.2 Å². The Labute approximate surface area is 159 Å². The number of anilines is 1. The van der Waals surface area contributed by atoms with E-state index >= 15 is 0 Å².